The highest BCUT2D eigenvalue weighted by Gasteiger charge is 2.28. The second-order valence-electron chi connectivity index (χ2n) is 5.37. The summed E-state index contributed by atoms with van der Waals surface area (Å²) >= 11 is 0. The Morgan fingerprint density at radius 2 is 1.73 bits per heavy atom. The van der Waals surface area contributed by atoms with E-state index < -0.39 is 18.6 Å². The number of ether oxygens (including phenoxy) is 3. The van der Waals surface area contributed by atoms with Crippen molar-refractivity contribution in [3.8, 4) is 17.2 Å². The Hall–Kier alpha value is -2.32. The van der Waals surface area contributed by atoms with Crippen molar-refractivity contribution in [3.05, 3.63) is 17.7 Å². The van der Waals surface area contributed by atoms with Crippen LogP contribution in [0.3, 0.4) is 0 Å². The summed E-state index contributed by atoms with van der Waals surface area (Å²) in [5.74, 6) is 1.34. The molecule has 0 aromatic heterocycles. The minimum Gasteiger partial charge on any atom is -0.493 e. The van der Waals surface area contributed by atoms with Crippen LogP contribution in [0.25, 0.3) is 0 Å². The number of nitrogens with zero attached hydrogens (tertiary/aromatic N) is 1. The van der Waals surface area contributed by atoms with E-state index in [4.69, 9.17) is 14.2 Å². The highest BCUT2D eigenvalue weighted by molar-refractivity contribution is 5.74. The molecule has 6 nitrogen and oxygen atoms in total. The molecule has 26 heavy (non-hydrogen) atoms. The highest BCUT2D eigenvalue weighted by Crippen LogP contribution is 2.38. The van der Waals surface area contributed by atoms with Gasteiger partial charge >= 0.3 is 12.2 Å². The van der Waals surface area contributed by atoms with Gasteiger partial charge in [0.05, 0.1) is 27.2 Å². The van der Waals surface area contributed by atoms with Gasteiger partial charge in [0.2, 0.25) is 5.75 Å². The van der Waals surface area contributed by atoms with Gasteiger partial charge in [0, 0.05) is 19.6 Å². The number of halogens is 3. The van der Waals surface area contributed by atoms with Crippen molar-refractivity contribution in [1.29, 1.82) is 0 Å². The van der Waals surface area contributed by atoms with Crippen molar-refractivity contribution in [2.75, 3.05) is 33.9 Å². The lowest BCUT2D eigenvalue weighted by Gasteiger charge is -2.22. The molecule has 1 rings (SSSR count). The Morgan fingerprint density at radius 3 is 2.15 bits per heavy atom. The largest absolute Gasteiger partial charge is 0.493 e. The average Bonchev–Trinajstić information content (AvgIpc) is 2.60. The number of hydrogen-bond donors (Lipinski definition) is 1. The van der Waals surface area contributed by atoms with Crippen LogP contribution < -0.4 is 19.5 Å². The zero-order chi connectivity index (χ0) is 19.7. The Balaban J connectivity index is 2.80. The molecule has 0 bridgehead atoms. The average molecular weight is 378 g/mol. The van der Waals surface area contributed by atoms with Gasteiger partial charge in [-0.2, -0.15) is 13.2 Å². The van der Waals surface area contributed by atoms with E-state index >= 15 is 0 Å². The summed E-state index contributed by atoms with van der Waals surface area (Å²) in [6, 6.07) is 2.79. The van der Waals surface area contributed by atoms with Crippen LogP contribution in [-0.2, 0) is 6.54 Å². The van der Waals surface area contributed by atoms with Crippen LogP contribution in [0.4, 0.5) is 18.0 Å². The van der Waals surface area contributed by atoms with Crippen LogP contribution >= 0.6 is 0 Å². The first-order chi connectivity index (χ1) is 12.3. The van der Waals surface area contributed by atoms with E-state index in [1.165, 1.54) is 14.2 Å². The normalized spacial score (nSPS) is 11.0. The van der Waals surface area contributed by atoms with Gasteiger partial charge in [0.1, 0.15) is 0 Å². The molecule has 0 saturated carbocycles. The van der Waals surface area contributed by atoms with Crippen LogP contribution in [-0.4, -0.2) is 51.0 Å². The van der Waals surface area contributed by atoms with E-state index in [2.05, 4.69) is 5.32 Å². The fraction of sp³-hybridized carbons (Fsp3) is 0.588. The van der Waals surface area contributed by atoms with Crippen LogP contribution in [0.1, 0.15) is 25.8 Å². The second kappa shape index (κ2) is 9.98. The first-order valence-corrected chi connectivity index (χ1v) is 8.22. The zero-order valence-electron chi connectivity index (χ0n) is 15.4. The third-order valence-electron chi connectivity index (χ3n) is 3.59. The van der Waals surface area contributed by atoms with E-state index in [1.54, 1.807) is 19.1 Å². The lowest BCUT2D eigenvalue weighted by Crippen LogP contribution is -2.41. The summed E-state index contributed by atoms with van der Waals surface area (Å²) in [5.41, 5.74) is 0.669. The Morgan fingerprint density at radius 1 is 1.15 bits per heavy atom. The molecule has 0 fully saturated rings. The van der Waals surface area contributed by atoms with Gasteiger partial charge in [-0.3, -0.25) is 0 Å². The van der Waals surface area contributed by atoms with Crippen molar-refractivity contribution < 1.29 is 32.2 Å². The number of methoxy groups -OCH3 is 2. The van der Waals surface area contributed by atoms with Gasteiger partial charge < -0.3 is 24.4 Å². The molecule has 1 aromatic rings. The fourth-order valence-corrected chi connectivity index (χ4v) is 2.28. The second-order valence-corrected chi connectivity index (χ2v) is 5.37. The summed E-state index contributed by atoms with van der Waals surface area (Å²) in [6.45, 7) is 3.78. The summed E-state index contributed by atoms with van der Waals surface area (Å²) in [4.78, 5) is 13.2. The Kier molecular flexibility index (Phi) is 8.34. The van der Waals surface area contributed by atoms with Crippen LogP contribution in [0.2, 0.25) is 0 Å². The molecule has 0 unspecified atom stereocenters. The van der Waals surface area contributed by atoms with Gasteiger partial charge in [0.25, 0.3) is 0 Å². The number of hydrogen-bond acceptors (Lipinski definition) is 4. The fourth-order valence-electron chi connectivity index (χ4n) is 2.28. The highest BCUT2D eigenvalue weighted by atomic mass is 19.4. The number of rotatable bonds is 9. The smallest absolute Gasteiger partial charge is 0.390 e. The molecule has 0 spiro atoms. The Bertz CT molecular complexity index is 569. The standard InChI is InChI=1S/C17H25F3N2O4/c1-5-22(8-7-17(18,19)20)16(23)21-11-12-9-13(24-3)15(26-6-2)14(10-12)25-4/h9-10H,5-8,11H2,1-4H3,(H,21,23). The quantitative estimate of drug-likeness (QED) is 0.714. The van der Waals surface area contributed by atoms with Gasteiger partial charge in [0.15, 0.2) is 11.5 Å². The molecule has 2 amide bonds. The molecule has 0 aliphatic rings. The number of amides is 2. The topological polar surface area (TPSA) is 60.0 Å². The van der Waals surface area contributed by atoms with E-state index in [0.29, 0.717) is 29.4 Å². The molecule has 148 valence electrons. The SMILES string of the molecule is CCOc1c(OC)cc(CNC(=O)N(CC)CCC(F)(F)F)cc1OC. The van der Waals surface area contributed by atoms with Crippen molar-refractivity contribution in [1.82, 2.24) is 10.2 Å². The zero-order valence-corrected chi connectivity index (χ0v) is 15.4. The predicted octanol–water partition coefficient (Wildman–Crippen LogP) is 3.59. The molecule has 0 aliphatic carbocycles. The molecule has 0 atom stereocenters. The minimum absolute atomic E-state index is 0.112. The summed E-state index contributed by atoms with van der Waals surface area (Å²) in [5, 5.41) is 2.61. The van der Waals surface area contributed by atoms with Crippen molar-refractivity contribution >= 4 is 6.03 Å². The lowest BCUT2D eigenvalue weighted by molar-refractivity contribution is -0.136. The van der Waals surface area contributed by atoms with Gasteiger partial charge in [-0.1, -0.05) is 0 Å². The third kappa shape index (κ3) is 6.53. The molecule has 0 aliphatic heterocycles. The summed E-state index contributed by atoms with van der Waals surface area (Å²) in [6.07, 6.45) is -5.34. The Labute approximate surface area is 151 Å². The van der Waals surface area contributed by atoms with Crippen molar-refractivity contribution in [3.63, 3.8) is 0 Å². The van der Waals surface area contributed by atoms with Gasteiger partial charge in [-0.15, -0.1) is 0 Å². The predicted molar refractivity (Wildman–Crippen MR) is 90.9 cm³/mol. The van der Waals surface area contributed by atoms with Crippen LogP contribution in [0, 0.1) is 0 Å². The van der Waals surface area contributed by atoms with Gasteiger partial charge in [-0.05, 0) is 31.5 Å². The molecule has 1 N–H and O–H groups in total. The number of benzene rings is 1. The summed E-state index contributed by atoms with van der Waals surface area (Å²) in [7, 11) is 2.96. The maximum absolute atomic E-state index is 12.3. The number of urea groups is 1. The van der Waals surface area contributed by atoms with E-state index in [1.807, 2.05) is 6.92 Å². The molecule has 0 radical (unpaired) electrons. The minimum atomic E-state index is -4.30. The first kappa shape index (κ1) is 21.7. The van der Waals surface area contributed by atoms with Crippen LogP contribution in [0.15, 0.2) is 12.1 Å². The molecule has 1 aromatic carbocycles. The maximum Gasteiger partial charge on any atom is 0.390 e. The van der Waals surface area contributed by atoms with Crippen molar-refractivity contribution in [2.45, 2.75) is 33.0 Å². The van der Waals surface area contributed by atoms with E-state index in [9.17, 15) is 18.0 Å². The number of carbonyl (C=O) groups excluding carboxylic acids is 1. The molecular formula is C17H25F3N2O4. The van der Waals surface area contributed by atoms with E-state index in [-0.39, 0.29) is 19.6 Å². The molecule has 9 heteroatoms. The number of alkyl halides is 3. The maximum atomic E-state index is 12.3. The third-order valence-corrected chi connectivity index (χ3v) is 3.59. The number of nitrogens with one attached hydrogen (secondary N) is 1. The molecule has 0 saturated heterocycles. The first-order valence-electron chi connectivity index (χ1n) is 8.22. The number of carbonyl (C=O) groups is 1. The molecule has 0 heterocycles. The van der Waals surface area contributed by atoms with Crippen molar-refractivity contribution in [2.24, 2.45) is 0 Å². The lowest BCUT2D eigenvalue weighted by atomic mass is 10.1. The monoisotopic (exact) mass is 378 g/mol. The summed E-state index contributed by atoms with van der Waals surface area (Å²) < 4.78 is 53.1. The van der Waals surface area contributed by atoms with E-state index in [0.717, 1.165) is 4.90 Å². The molecular weight excluding hydrogens is 353 g/mol. The van der Waals surface area contributed by atoms with Crippen LogP contribution in [0.5, 0.6) is 17.2 Å². The van der Waals surface area contributed by atoms with Gasteiger partial charge in [-0.25, -0.2) is 4.79 Å².